The number of aliphatic imine (C=N–C) groups is 1. The predicted molar refractivity (Wildman–Crippen MR) is 81.0 cm³/mol. The summed E-state index contributed by atoms with van der Waals surface area (Å²) in [5.74, 6) is 1.37. The standard InChI is InChI=1S/C16H18N4O/c1-2-4-13-11(3-1)9-14(17-13)15-18-16(21-19-15)10-20-7-5-12(16)6-8-20/h1-4,9,12,17H,5-8,10H2,(H,18,19)/t16-/m0/s1. The molecule has 6 rings (SSSR count). The number of amidine groups is 1. The summed E-state index contributed by atoms with van der Waals surface area (Å²) in [7, 11) is 0. The van der Waals surface area contributed by atoms with Gasteiger partial charge in [0.1, 0.15) is 0 Å². The molecule has 1 aromatic heterocycles. The van der Waals surface area contributed by atoms with E-state index in [1.54, 1.807) is 0 Å². The Morgan fingerprint density at radius 3 is 2.86 bits per heavy atom. The number of hydrogen-bond donors (Lipinski definition) is 2. The normalized spacial score (nSPS) is 34.4. The third-order valence-corrected chi connectivity index (χ3v) is 5.09. The lowest BCUT2D eigenvalue weighted by molar-refractivity contribution is -0.155. The van der Waals surface area contributed by atoms with Crippen molar-refractivity contribution in [2.75, 3.05) is 19.6 Å². The molecular formula is C16H18N4O. The number of benzene rings is 1. The minimum atomic E-state index is -0.372. The summed E-state index contributed by atoms with van der Waals surface area (Å²) >= 11 is 0. The number of fused-ring (bicyclic) bond motifs is 3. The van der Waals surface area contributed by atoms with Crippen molar-refractivity contribution >= 4 is 16.7 Å². The molecule has 1 aromatic carbocycles. The molecule has 0 aliphatic carbocycles. The minimum Gasteiger partial charge on any atom is -0.352 e. The third kappa shape index (κ3) is 1.68. The molecule has 2 bridgehead atoms. The van der Waals surface area contributed by atoms with Gasteiger partial charge < -0.3 is 4.98 Å². The Bertz CT molecular complexity index is 696. The maximum atomic E-state index is 5.96. The zero-order valence-electron chi connectivity index (χ0n) is 11.8. The van der Waals surface area contributed by atoms with Gasteiger partial charge >= 0.3 is 0 Å². The number of rotatable bonds is 1. The molecule has 108 valence electrons. The Labute approximate surface area is 122 Å². The Morgan fingerprint density at radius 2 is 2.10 bits per heavy atom. The maximum Gasteiger partial charge on any atom is 0.202 e. The van der Waals surface area contributed by atoms with Gasteiger partial charge in [-0.25, -0.2) is 15.3 Å². The number of nitrogens with zero attached hydrogens (tertiary/aromatic N) is 2. The fourth-order valence-corrected chi connectivity index (χ4v) is 3.92. The van der Waals surface area contributed by atoms with Crippen LogP contribution in [0.2, 0.25) is 0 Å². The van der Waals surface area contributed by atoms with Crippen LogP contribution < -0.4 is 5.48 Å². The molecule has 3 saturated heterocycles. The van der Waals surface area contributed by atoms with Crippen LogP contribution in [0.4, 0.5) is 0 Å². The molecule has 0 unspecified atom stereocenters. The van der Waals surface area contributed by atoms with Gasteiger partial charge in [-0.15, -0.1) is 0 Å². The highest BCUT2D eigenvalue weighted by Gasteiger charge is 2.51. The molecule has 0 radical (unpaired) electrons. The number of nitrogens with one attached hydrogen (secondary N) is 2. The van der Waals surface area contributed by atoms with Crippen molar-refractivity contribution in [3.05, 3.63) is 36.0 Å². The van der Waals surface area contributed by atoms with Crippen LogP contribution in [0.15, 0.2) is 35.3 Å². The van der Waals surface area contributed by atoms with Gasteiger partial charge in [-0.05, 0) is 38.1 Å². The average Bonchev–Trinajstić information content (AvgIpc) is 3.13. The fraction of sp³-hybridized carbons (Fsp3) is 0.438. The molecule has 5 nitrogen and oxygen atoms in total. The van der Waals surface area contributed by atoms with Crippen molar-refractivity contribution in [2.45, 2.75) is 18.6 Å². The highest BCUT2D eigenvalue weighted by Crippen LogP contribution is 2.40. The van der Waals surface area contributed by atoms with Crippen molar-refractivity contribution in [3.8, 4) is 0 Å². The zero-order valence-corrected chi connectivity index (χ0v) is 11.8. The van der Waals surface area contributed by atoms with Crippen LogP contribution in [0.5, 0.6) is 0 Å². The Morgan fingerprint density at radius 1 is 1.24 bits per heavy atom. The number of H-pyrrole nitrogens is 1. The molecule has 2 N–H and O–H groups in total. The van der Waals surface area contributed by atoms with Crippen molar-refractivity contribution < 1.29 is 4.84 Å². The lowest BCUT2D eigenvalue weighted by atomic mass is 9.81. The first kappa shape index (κ1) is 11.8. The SMILES string of the molecule is c1ccc2[nH]c(C3=N[C@@]4(CN5CCC4CC5)ON3)cc2c1. The van der Waals surface area contributed by atoms with Crippen molar-refractivity contribution in [1.82, 2.24) is 15.4 Å². The van der Waals surface area contributed by atoms with Crippen LogP contribution in [0, 0.1) is 5.92 Å². The summed E-state index contributed by atoms with van der Waals surface area (Å²) in [5, 5.41) is 1.20. The zero-order chi connectivity index (χ0) is 13.9. The van der Waals surface area contributed by atoms with Gasteiger partial charge in [0.15, 0.2) is 5.84 Å². The van der Waals surface area contributed by atoms with Gasteiger partial charge in [0.2, 0.25) is 5.72 Å². The van der Waals surface area contributed by atoms with Crippen LogP contribution in [0.1, 0.15) is 18.5 Å². The molecule has 0 amide bonds. The lowest BCUT2D eigenvalue weighted by Crippen LogP contribution is -2.58. The van der Waals surface area contributed by atoms with Crippen LogP contribution in [0.25, 0.3) is 10.9 Å². The molecule has 0 saturated carbocycles. The van der Waals surface area contributed by atoms with Crippen LogP contribution in [0.3, 0.4) is 0 Å². The van der Waals surface area contributed by atoms with Crippen molar-refractivity contribution in [2.24, 2.45) is 10.9 Å². The average molecular weight is 282 g/mol. The van der Waals surface area contributed by atoms with Crippen molar-refractivity contribution in [3.63, 3.8) is 0 Å². The summed E-state index contributed by atoms with van der Waals surface area (Å²) in [4.78, 5) is 16.8. The van der Waals surface area contributed by atoms with E-state index in [-0.39, 0.29) is 5.72 Å². The molecule has 1 spiro atoms. The molecule has 1 atom stereocenters. The maximum absolute atomic E-state index is 5.96. The van der Waals surface area contributed by atoms with E-state index in [0.717, 1.165) is 23.6 Å². The molecule has 3 fully saturated rings. The van der Waals surface area contributed by atoms with E-state index < -0.39 is 0 Å². The monoisotopic (exact) mass is 282 g/mol. The van der Waals surface area contributed by atoms with Gasteiger partial charge in [-0.3, -0.25) is 4.90 Å². The highest BCUT2D eigenvalue weighted by atomic mass is 16.7. The largest absolute Gasteiger partial charge is 0.352 e. The number of hydroxylamine groups is 1. The van der Waals surface area contributed by atoms with Crippen molar-refractivity contribution in [1.29, 1.82) is 0 Å². The van der Waals surface area contributed by atoms with Gasteiger partial charge in [-0.2, -0.15) is 0 Å². The summed E-state index contributed by atoms with van der Waals surface area (Å²) in [6.07, 6.45) is 2.37. The summed E-state index contributed by atoms with van der Waals surface area (Å²) in [6, 6.07) is 10.4. The molecule has 2 aromatic rings. The van der Waals surface area contributed by atoms with E-state index in [4.69, 9.17) is 9.83 Å². The Hall–Kier alpha value is -1.85. The minimum absolute atomic E-state index is 0.372. The van der Waals surface area contributed by atoms with Gasteiger partial charge in [0.05, 0.1) is 12.2 Å². The number of aromatic nitrogens is 1. The van der Waals surface area contributed by atoms with Gasteiger partial charge in [0.25, 0.3) is 0 Å². The first-order valence-corrected chi connectivity index (χ1v) is 7.67. The van der Waals surface area contributed by atoms with Crippen LogP contribution in [-0.2, 0) is 4.84 Å². The summed E-state index contributed by atoms with van der Waals surface area (Å²) in [6.45, 7) is 3.29. The quantitative estimate of drug-likeness (QED) is 0.839. The predicted octanol–water partition coefficient (Wildman–Crippen LogP) is 1.87. The number of piperidine rings is 3. The van der Waals surface area contributed by atoms with E-state index in [2.05, 4.69) is 39.6 Å². The highest BCUT2D eigenvalue weighted by molar-refractivity contribution is 6.01. The smallest absolute Gasteiger partial charge is 0.202 e. The molecule has 5 heteroatoms. The summed E-state index contributed by atoms with van der Waals surface area (Å²) < 4.78 is 0. The third-order valence-electron chi connectivity index (χ3n) is 5.09. The molecule has 5 heterocycles. The van der Waals surface area contributed by atoms with E-state index in [1.807, 2.05) is 6.07 Å². The van der Waals surface area contributed by atoms with Crippen LogP contribution in [-0.4, -0.2) is 41.1 Å². The first-order chi connectivity index (χ1) is 10.3. The summed E-state index contributed by atoms with van der Waals surface area (Å²) in [5.41, 5.74) is 4.83. The fourth-order valence-electron chi connectivity index (χ4n) is 3.92. The van der Waals surface area contributed by atoms with E-state index in [9.17, 15) is 0 Å². The number of hydrogen-bond acceptors (Lipinski definition) is 4. The molecular weight excluding hydrogens is 264 g/mol. The van der Waals surface area contributed by atoms with Crippen LogP contribution >= 0.6 is 0 Å². The number of aromatic amines is 1. The van der Waals surface area contributed by atoms with Gasteiger partial charge in [0, 0.05) is 16.8 Å². The second-order valence-corrected chi connectivity index (χ2v) is 6.33. The second-order valence-electron chi connectivity index (χ2n) is 6.33. The molecule has 4 aliphatic heterocycles. The number of para-hydroxylation sites is 1. The van der Waals surface area contributed by atoms with Gasteiger partial charge in [-0.1, -0.05) is 18.2 Å². The Kier molecular flexibility index (Phi) is 2.29. The molecule has 21 heavy (non-hydrogen) atoms. The first-order valence-electron chi connectivity index (χ1n) is 7.67. The molecule has 4 aliphatic rings. The second kappa shape index (κ2) is 4.08. The van der Waals surface area contributed by atoms with E-state index >= 15 is 0 Å². The Balaban J connectivity index is 1.54. The topological polar surface area (TPSA) is 52.7 Å². The lowest BCUT2D eigenvalue weighted by Gasteiger charge is -2.47. The van der Waals surface area contributed by atoms with E-state index in [0.29, 0.717) is 5.92 Å². The van der Waals surface area contributed by atoms with E-state index in [1.165, 1.54) is 31.3 Å².